The van der Waals surface area contributed by atoms with Gasteiger partial charge in [-0.05, 0) is 63.4 Å². The number of nitrogens with zero attached hydrogens (tertiary/aromatic N) is 3. The maximum Gasteiger partial charge on any atom is 0.410 e. The van der Waals surface area contributed by atoms with E-state index in [1.807, 2.05) is 56.0 Å². The van der Waals surface area contributed by atoms with Crippen molar-refractivity contribution >= 4 is 27.6 Å². The normalized spacial score (nSPS) is 20.8. The molecule has 2 aliphatic rings. The van der Waals surface area contributed by atoms with Crippen molar-refractivity contribution in [1.29, 1.82) is 0 Å². The molecular weight excluding hydrogens is 422 g/mol. The molecule has 7 heteroatoms. The summed E-state index contributed by atoms with van der Waals surface area (Å²) in [5.41, 5.74) is 1.81. The highest BCUT2D eigenvalue weighted by Gasteiger charge is 2.46. The second-order valence-electron chi connectivity index (χ2n) is 9.61. The second kappa shape index (κ2) is 8.37. The zero-order chi connectivity index (χ0) is 22.3. The monoisotopic (exact) mass is 451 g/mol. The number of aromatic nitrogens is 1. The molecule has 3 aromatic rings. The zero-order valence-corrected chi connectivity index (χ0v) is 19.6. The molecule has 2 aliphatic heterocycles. The number of hydrogen-bond acceptors (Lipinski definition) is 6. The van der Waals surface area contributed by atoms with Gasteiger partial charge in [-0.15, -0.1) is 0 Å². The largest absolute Gasteiger partial charge is 0.444 e. The van der Waals surface area contributed by atoms with E-state index in [1.165, 1.54) is 5.56 Å². The van der Waals surface area contributed by atoms with Crippen LogP contribution in [0.15, 0.2) is 48.5 Å². The van der Waals surface area contributed by atoms with Gasteiger partial charge in [0.1, 0.15) is 11.4 Å². The fourth-order valence-electron chi connectivity index (χ4n) is 4.56. The van der Waals surface area contributed by atoms with Crippen molar-refractivity contribution < 1.29 is 14.3 Å². The van der Waals surface area contributed by atoms with Gasteiger partial charge in [-0.1, -0.05) is 35.6 Å². The first kappa shape index (κ1) is 21.2. The third kappa shape index (κ3) is 4.59. The lowest BCUT2D eigenvalue weighted by Crippen LogP contribution is -2.50. The Bertz CT molecular complexity index is 1070. The van der Waals surface area contributed by atoms with Crippen LogP contribution in [0.4, 0.5) is 4.79 Å². The van der Waals surface area contributed by atoms with Crippen LogP contribution in [0.2, 0.25) is 0 Å². The Morgan fingerprint density at radius 1 is 1.09 bits per heavy atom. The fraction of sp³-hybridized carbons (Fsp3) is 0.440. The van der Waals surface area contributed by atoms with Gasteiger partial charge in [0.15, 0.2) is 0 Å². The van der Waals surface area contributed by atoms with Crippen LogP contribution in [0.25, 0.3) is 10.2 Å². The number of amides is 1. The number of benzene rings is 2. The maximum absolute atomic E-state index is 12.4. The summed E-state index contributed by atoms with van der Waals surface area (Å²) in [5.74, 6) is 0.807. The molecule has 1 amide bonds. The predicted octanol–water partition coefficient (Wildman–Crippen LogP) is 5.32. The minimum absolute atomic E-state index is 0.173. The smallest absolute Gasteiger partial charge is 0.410 e. The summed E-state index contributed by atoms with van der Waals surface area (Å²) in [7, 11) is 0. The number of likely N-dealkylation sites (tertiary alicyclic amines) is 2. The van der Waals surface area contributed by atoms with Crippen molar-refractivity contribution in [2.75, 3.05) is 19.6 Å². The summed E-state index contributed by atoms with van der Waals surface area (Å²) < 4.78 is 12.6. The molecule has 2 bridgehead atoms. The Morgan fingerprint density at radius 2 is 1.88 bits per heavy atom. The summed E-state index contributed by atoms with van der Waals surface area (Å²) in [4.78, 5) is 21.4. The number of para-hydroxylation sites is 1. The van der Waals surface area contributed by atoms with Crippen molar-refractivity contribution in [1.82, 2.24) is 14.8 Å². The van der Waals surface area contributed by atoms with Crippen molar-refractivity contribution in [2.24, 2.45) is 0 Å². The van der Waals surface area contributed by atoms with Gasteiger partial charge >= 0.3 is 6.09 Å². The van der Waals surface area contributed by atoms with E-state index >= 15 is 0 Å². The molecule has 0 saturated carbocycles. The first-order valence-corrected chi connectivity index (χ1v) is 12.0. The minimum atomic E-state index is -0.443. The third-order valence-electron chi connectivity index (χ3n) is 6.07. The molecule has 2 atom stereocenters. The van der Waals surface area contributed by atoms with E-state index in [9.17, 15) is 4.79 Å². The molecule has 1 aromatic heterocycles. The van der Waals surface area contributed by atoms with E-state index in [0.29, 0.717) is 11.2 Å². The lowest BCUT2D eigenvalue weighted by molar-refractivity contribution is 0.0130. The lowest BCUT2D eigenvalue weighted by Gasteiger charge is -2.35. The highest BCUT2D eigenvalue weighted by Crippen LogP contribution is 2.33. The van der Waals surface area contributed by atoms with E-state index in [2.05, 4.69) is 28.1 Å². The molecule has 2 fully saturated rings. The Morgan fingerprint density at radius 3 is 2.56 bits per heavy atom. The molecule has 3 heterocycles. The zero-order valence-electron chi connectivity index (χ0n) is 18.8. The van der Waals surface area contributed by atoms with Gasteiger partial charge in [0.2, 0.25) is 0 Å². The molecule has 32 heavy (non-hydrogen) atoms. The topological polar surface area (TPSA) is 54.9 Å². The van der Waals surface area contributed by atoms with Gasteiger partial charge in [-0.2, -0.15) is 0 Å². The van der Waals surface area contributed by atoms with Crippen molar-refractivity contribution in [3.63, 3.8) is 0 Å². The number of hydrogen-bond donors (Lipinski definition) is 0. The summed E-state index contributed by atoms with van der Waals surface area (Å²) in [6.45, 7) is 8.46. The average Bonchev–Trinajstić information content (AvgIpc) is 3.45. The molecule has 2 saturated heterocycles. The summed E-state index contributed by atoms with van der Waals surface area (Å²) in [6, 6.07) is 17.1. The number of rotatable bonds is 5. The van der Waals surface area contributed by atoms with Gasteiger partial charge in [-0.25, -0.2) is 9.78 Å². The molecule has 2 aromatic carbocycles. The van der Waals surface area contributed by atoms with Crippen molar-refractivity contribution in [3.05, 3.63) is 54.1 Å². The standard InChI is InChI=1S/C25H29N3O3S/c1-25(2,3)31-24(29)28-16-18-14-19(28)15-27(18)13-12-17-8-10-20(11-9-17)30-23-26-21-6-4-5-7-22(21)32-23/h4-11,18-19H,12-16H2,1-3H3/t18?,19-/m0/s1. The second-order valence-corrected chi connectivity index (χ2v) is 10.6. The molecular formula is C25H29N3O3S. The van der Waals surface area contributed by atoms with E-state index in [4.69, 9.17) is 9.47 Å². The van der Waals surface area contributed by atoms with E-state index in [0.717, 1.165) is 48.4 Å². The van der Waals surface area contributed by atoms with Crippen LogP contribution in [-0.4, -0.2) is 58.2 Å². The summed E-state index contributed by atoms with van der Waals surface area (Å²) >= 11 is 1.56. The van der Waals surface area contributed by atoms with Crippen LogP contribution in [0.3, 0.4) is 0 Å². The van der Waals surface area contributed by atoms with Crippen molar-refractivity contribution in [3.8, 4) is 10.9 Å². The summed E-state index contributed by atoms with van der Waals surface area (Å²) in [6.07, 6.45) is 1.86. The molecule has 168 valence electrons. The van der Waals surface area contributed by atoms with Crippen LogP contribution in [-0.2, 0) is 11.2 Å². The number of carbonyl (C=O) groups is 1. The van der Waals surface area contributed by atoms with Crippen LogP contribution < -0.4 is 4.74 Å². The summed E-state index contributed by atoms with van der Waals surface area (Å²) in [5, 5.41) is 0.668. The SMILES string of the molecule is CC(C)(C)OC(=O)N1CC2C[C@H]1CN2CCc1ccc(Oc2nc3ccccc3s2)cc1. The van der Waals surface area contributed by atoms with Crippen LogP contribution in [0.5, 0.6) is 10.9 Å². The van der Waals surface area contributed by atoms with Gasteiger partial charge in [0.05, 0.1) is 10.2 Å². The number of fused-ring (bicyclic) bond motifs is 3. The molecule has 5 rings (SSSR count). The average molecular weight is 452 g/mol. The molecule has 1 unspecified atom stereocenters. The third-order valence-corrected chi connectivity index (χ3v) is 6.99. The first-order chi connectivity index (χ1) is 15.3. The maximum atomic E-state index is 12.4. The van der Waals surface area contributed by atoms with E-state index in [1.54, 1.807) is 11.3 Å². The first-order valence-electron chi connectivity index (χ1n) is 11.2. The lowest BCUT2D eigenvalue weighted by atomic mass is 10.1. The Kier molecular flexibility index (Phi) is 5.55. The number of ether oxygens (including phenoxy) is 2. The molecule has 6 nitrogen and oxygen atoms in total. The van der Waals surface area contributed by atoms with Crippen molar-refractivity contribution in [2.45, 2.75) is 51.3 Å². The van der Waals surface area contributed by atoms with Gasteiger partial charge in [0.25, 0.3) is 5.19 Å². The molecule has 0 spiro atoms. The Hall–Kier alpha value is -2.64. The van der Waals surface area contributed by atoms with Gasteiger partial charge in [0, 0.05) is 31.7 Å². The number of carbonyl (C=O) groups excluding carboxylic acids is 1. The van der Waals surface area contributed by atoms with E-state index in [-0.39, 0.29) is 12.1 Å². The highest BCUT2D eigenvalue weighted by molar-refractivity contribution is 7.20. The van der Waals surface area contributed by atoms with Crippen LogP contribution in [0.1, 0.15) is 32.8 Å². The fourth-order valence-corrected chi connectivity index (χ4v) is 5.39. The number of thiazole rings is 1. The van der Waals surface area contributed by atoms with E-state index < -0.39 is 5.60 Å². The minimum Gasteiger partial charge on any atom is -0.444 e. The number of piperazine rings is 1. The quantitative estimate of drug-likeness (QED) is 0.525. The Balaban J connectivity index is 1.12. The molecule has 0 N–H and O–H groups in total. The highest BCUT2D eigenvalue weighted by atomic mass is 32.1. The molecule has 0 aliphatic carbocycles. The Labute approximate surface area is 192 Å². The van der Waals surface area contributed by atoms with Crippen LogP contribution in [0, 0.1) is 0 Å². The predicted molar refractivity (Wildman–Crippen MR) is 127 cm³/mol. The van der Waals surface area contributed by atoms with Gasteiger partial charge < -0.3 is 14.4 Å². The molecule has 0 radical (unpaired) electrons. The van der Waals surface area contributed by atoms with Gasteiger partial charge in [-0.3, -0.25) is 4.90 Å². The van der Waals surface area contributed by atoms with Crippen LogP contribution >= 0.6 is 11.3 Å².